The first-order valence-electron chi connectivity index (χ1n) is 7.72. The average molecular weight is 332 g/mol. The monoisotopic (exact) mass is 332 g/mol. The van der Waals surface area contributed by atoms with Crippen molar-refractivity contribution in [1.82, 2.24) is 0 Å². The lowest BCUT2D eigenvalue weighted by atomic mass is 9.85. The van der Waals surface area contributed by atoms with Crippen LogP contribution in [0.1, 0.15) is 66.8 Å². The van der Waals surface area contributed by atoms with Gasteiger partial charge in [0.25, 0.3) is 0 Å². The number of esters is 4. The summed E-state index contributed by atoms with van der Waals surface area (Å²) >= 11 is 0. The zero-order valence-electron chi connectivity index (χ0n) is 14.2. The van der Waals surface area contributed by atoms with Crippen LogP contribution in [-0.4, -0.2) is 23.9 Å². The van der Waals surface area contributed by atoms with Gasteiger partial charge < -0.3 is 9.47 Å². The third kappa shape index (κ3) is 4.07. The van der Waals surface area contributed by atoms with E-state index in [2.05, 4.69) is 30.2 Å². The van der Waals surface area contributed by atoms with Crippen LogP contribution in [0.15, 0.2) is 18.2 Å². The molecule has 0 amide bonds. The largest absolute Gasteiger partial charge is 0.393 e. The maximum absolute atomic E-state index is 11.3. The first kappa shape index (κ1) is 17.8. The van der Waals surface area contributed by atoms with Gasteiger partial charge in [-0.2, -0.15) is 0 Å². The number of hydrogen-bond acceptors (Lipinski definition) is 6. The van der Waals surface area contributed by atoms with Crippen LogP contribution in [0.3, 0.4) is 0 Å². The molecular formula is C18H20O6. The molecule has 0 saturated carbocycles. The second-order valence-electron chi connectivity index (χ2n) is 7.05. The van der Waals surface area contributed by atoms with E-state index in [4.69, 9.17) is 0 Å². The van der Waals surface area contributed by atoms with Crippen LogP contribution in [0.5, 0.6) is 0 Å². The Balaban J connectivity index is 0.000000198. The highest BCUT2D eigenvalue weighted by Crippen LogP contribution is 2.27. The molecule has 6 nitrogen and oxygen atoms in total. The van der Waals surface area contributed by atoms with Gasteiger partial charge in [-0.05, 0) is 29.0 Å². The molecule has 1 aromatic carbocycles. The van der Waals surface area contributed by atoms with Crippen LogP contribution in [0.25, 0.3) is 0 Å². The van der Waals surface area contributed by atoms with E-state index < -0.39 is 23.9 Å². The number of rotatable bonds is 0. The zero-order chi connectivity index (χ0) is 18.1. The van der Waals surface area contributed by atoms with Crippen LogP contribution >= 0.6 is 0 Å². The number of hydrogen-bond donors (Lipinski definition) is 0. The molecule has 1 aromatic rings. The van der Waals surface area contributed by atoms with Crippen LogP contribution < -0.4 is 0 Å². The molecule has 128 valence electrons. The summed E-state index contributed by atoms with van der Waals surface area (Å²) in [7, 11) is 0. The molecule has 0 aliphatic carbocycles. The molecule has 0 radical (unpaired) electrons. The minimum Gasteiger partial charge on any atom is -0.393 e. The molecule has 1 saturated heterocycles. The number of carbonyl (C=O) groups excluding carboxylic acids is 4. The normalized spacial score (nSPS) is 17.7. The van der Waals surface area contributed by atoms with Gasteiger partial charge in [0.1, 0.15) is 0 Å². The fraction of sp³-hybridized carbons (Fsp3) is 0.444. The van der Waals surface area contributed by atoms with Gasteiger partial charge in [-0.1, -0.05) is 33.8 Å². The van der Waals surface area contributed by atoms with Crippen molar-refractivity contribution < 1.29 is 28.7 Å². The van der Waals surface area contributed by atoms with E-state index in [9.17, 15) is 19.2 Å². The summed E-state index contributed by atoms with van der Waals surface area (Å²) in [5, 5.41) is 0. The number of carbonyl (C=O) groups is 4. The van der Waals surface area contributed by atoms with Gasteiger partial charge in [-0.3, -0.25) is 9.59 Å². The van der Waals surface area contributed by atoms with Crippen molar-refractivity contribution in [2.75, 3.05) is 0 Å². The lowest BCUT2D eigenvalue weighted by Crippen LogP contribution is -2.23. The van der Waals surface area contributed by atoms with Gasteiger partial charge in [0.15, 0.2) is 0 Å². The van der Waals surface area contributed by atoms with Crippen LogP contribution in [0.4, 0.5) is 0 Å². The number of benzene rings is 1. The highest BCUT2D eigenvalue weighted by atomic mass is 16.6. The van der Waals surface area contributed by atoms with E-state index in [0.29, 0.717) is 24.0 Å². The summed E-state index contributed by atoms with van der Waals surface area (Å²) in [6.07, 6.45) is 0.761. The summed E-state index contributed by atoms with van der Waals surface area (Å²) in [6, 6.07) is 5.25. The molecule has 2 aliphatic rings. The summed E-state index contributed by atoms with van der Waals surface area (Å²) in [4.78, 5) is 43.4. The Morgan fingerprint density at radius 1 is 0.875 bits per heavy atom. The minimum absolute atomic E-state index is 0.0407. The molecule has 0 bridgehead atoms. The van der Waals surface area contributed by atoms with E-state index in [-0.39, 0.29) is 11.3 Å². The molecule has 0 unspecified atom stereocenters. The van der Waals surface area contributed by atoms with E-state index >= 15 is 0 Å². The quantitative estimate of drug-likeness (QED) is 0.536. The van der Waals surface area contributed by atoms with Crippen LogP contribution in [0.2, 0.25) is 0 Å². The van der Waals surface area contributed by atoms with Gasteiger partial charge >= 0.3 is 23.9 Å². The second kappa shape index (κ2) is 6.55. The van der Waals surface area contributed by atoms with Gasteiger partial charge in [0.2, 0.25) is 0 Å². The van der Waals surface area contributed by atoms with Crippen molar-refractivity contribution in [2.45, 2.75) is 46.0 Å². The lowest BCUT2D eigenvalue weighted by Gasteiger charge is -2.18. The van der Waals surface area contributed by atoms with E-state index in [1.54, 1.807) is 12.1 Å². The molecule has 24 heavy (non-hydrogen) atoms. The van der Waals surface area contributed by atoms with Crippen LogP contribution in [0, 0.1) is 5.92 Å². The van der Waals surface area contributed by atoms with E-state index in [1.165, 1.54) is 0 Å². The first-order chi connectivity index (χ1) is 11.1. The highest BCUT2D eigenvalue weighted by Gasteiger charge is 2.30. The molecule has 2 heterocycles. The highest BCUT2D eigenvalue weighted by molar-refractivity contribution is 6.14. The summed E-state index contributed by atoms with van der Waals surface area (Å²) in [5.74, 6) is -1.70. The smallest absolute Gasteiger partial charge is 0.346 e. The Morgan fingerprint density at radius 2 is 1.42 bits per heavy atom. The fourth-order valence-electron chi connectivity index (χ4n) is 2.40. The topological polar surface area (TPSA) is 86.7 Å². The van der Waals surface area contributed by atoms with Crippen molar-refractivity contribution in [3.63, 3.8) is 0 Å². The Bertz CT molecular complexity index is 695. The first-order valence-corrected chi connectivity index (χ1v) is 7.72. The predicted octanol–water partition coefficient (Wildman–Crippen LogP) is 2.78. The zero-order valence-corrected chi connectivity index (χ0v) is 14.2. The minimum atomic E-state index is -0.546. The standard InChI is InChI=1S/C12H12O3.C6H8O3/c1-12(2,3)7-4-5-8-9(6-7)11(14)15-10(8)13;1-4-2-5(7)9-6(8)3-4/h4-6H,1-3H3;4H,2-3H2,1H3. The Labute approximate surface area is 140 Å². The number of fused-ring (bicyclic) bond motifs is 1. The van der Waals surface area contributed by atoms with Gasteiger partial charge in [0, 0.05) is 12.8 Å². The number of ether oxygens (including phenoxy) is 2. The third-order valence-corrected chi connectivity index (χ3v) is 3.77. The molecule has 0 spiro atoms. The average Bonchev–Trinajstić information content (AvgIpc) is 2.72. The molecule has 0 aromatic heterocycles. The van der Waals surface area contributed by atoms with E-state index in [1.807, 2.05) is 13.0 Å². The Kier molecular flexibility index (Phi) is 4.87. The van der Waals surface area contributed by atoms with Crippen molar-refractivity contribution in [3.8, 4) is 0 Å². The molecule has 3 rings (SSSR count). The second-order valence-corrected chi connectivity index (χ2v) is 7.05. The predicted molar refractivity (Wildman–Crippen MR) is 84.4 cm³/mol. The molecule has 0 N–H and O–H groups in total. The van der Waals surface area contributed by atoms with Gasteiger partial charge in [-0.15, -0.1) is 0 Å². The summed E-state index contributed by atoms with van der Waals surface area (Å²) < 4.78 is 8.80. The SMILES string of the molecule is CC(C)(C)c1ccc2c(c1)C(=O)OC2=O.CC1CC(=O)OC(=O)C1. The molecule has 6 heteroatoms. The molecule has 0 atom stereocenters. The van der Waals surface area contributed by atoms with Crippen LogP contribution in [-0.2, 0) is 24.5 Å². The Hall–Kier alpha value is -2.50. The van der Waals surface area contributed by atoms with E-state index in [0.717, 1.165) is 5.56 Å². The lowest BCUT2D eigenvalue weighted by molar-refractivity contribution is -0.165. The third-order valence-electron chi connectivity index (χ3n) is 3.77. The number of cyclic esters (lactones) is 4. The fourth-order valence-corrected chi connectivity index (χ4v) is 2.40. The summed E-state index contributed by atoms with van der Waals surface area (Å²) in [5.41, 5.74) is 1.73. The maximum atomic E-state index is 11.3. The molecule has 2 aliphatic heterocycles. The van der Waals surface area contributed by atoms with Crippen molar-refractivity contribution in [1.29, 1.82) is 0 Å². The molecule has 1 fully saturated rings. The summed E-state index contributed by atoms with van der Waals surface area (Å²) in [6.45, 7) is 8.02. The molecular weight excluding hydrogens is 312 g/mol. The van der Waals surface area contributed by atoms with Crippen molar-refractivity contribution in [2.24, 2.45) is 5.92 Å². The van der Waals surface area contributed by atoms with Gasteiger partial charge in [0.05, 0.1) is 11.1 Å². The van der Waals surface area contributed by atoms with Crippen molar-refractivity contribution >= 4 is 23.9 Å². The van der Waals surface area contributed by atoms with Crippen molar-refractivity contribution in [3.05, 3.63) is 34.9 Å². The Morgan fingerprint density at radius 3 is 1.92 bits per heavy atom. The maximum Gasteiger partial charge on any atom is 0.346 e. The van der Waals surface area contributed by atoms with Gasteiger partial charge in [-0.25, -0.2) is 9.59 Å².